The largest absolute Gasteiger partial charge is 0.409 e. The molecule has 0 unspecified atom stereocenters. The lowest BCUT2D eigenvalue weighted by Crippen LogP contribution is -1.96. The minimum atomic E-state index is 0.271. The third-order valence-corrected chi connectivity index (χ3v) is 1.60. The van der Waals surface area contributed by atoms with Gasteiger partial charge in [0.1, 0.15) is 0 Å². The molecule has 0 radical (unpaired) electrons. The molecule has 6 nitrogen and oxygen atoms in total. The van der Waals surface area contributed by atoms with Crippen LogP contribution >= 0.6 is 0 Å². The van der Waals surface area contributed by atoms with Crippen molar-refractivity contribution >= 4 is 5.69 Å². The molecule has 1 aromatic heterocycles. The van der Waals surface area contributed by atoms with E-state index in [1.807, 2.05) is 13.8 Å². The Kier molecular flexibility index (Phi) is 3.61. The summed E-state index contributed by atoms with van der Waals surface area (Å²) in [7, 11) is 0. The van der Waals surface area contributed by atoms with Gasteiger partial charge in [-0.25, -0.2) is 0 Å². The van der Waals surface area contributed by atoms with Crippen LogP contribution < -0.4 is 5.73 Å². The molecule has 0 aliphatic rings. The quantitative estimate of drug-likeness (QED) is 0.541. The third kappa shape index (κ3) is 2.43. The summed E-state index contributed by atoms with van der Waals surface area (Å²) < 4.78 is 0. The molecule has 3 N–H and O–H groups in total. The van der Waals surface area contributed by atoms with Crippen LogP contribution in [0.5, 0.6) is 0 Å². The van der Waals surface area contributed by atoms with Gasteiger partial charge in [-0.05, 0) is 22.6 Å². The SMILES string of the molecule is CC.Nc1cccc(-c2nnnn2O)c1. The van der Waals surface area contributed by atoms with Crippen LogP contribution in [0.2, 0.25) is 0 Å². The highest BCUT2D eigenvalue weighted by Gasteiger charge is 2.06. The van der Waals surface area contributed by atoms with Crippen molar-refractivity contribution in [3.05, 3.63) is 24.3 Å². The van der Waals surface area contributed by atoms with E-state index in [2.05, 4.69) is 15.5 Å². The van der Waals surface area contributed by atoms with Gasteiger partial charge < -0.3 is 10.9 Å². The lowest BCUT2D eigenvalue weighted by molar-refractivity contribution is 0.147. The molecular formula is C9H13N5O. The maximum absolute atomic E-state index is 9.13. The molecule has 1 heterocycles. The topological polar surface area (TPSA) is 89.9 Å². The Bertz CT molecular complexity index is 426. The Hall–Kier alpha value is -2.11. The molecule has 0 aliphatic heterocycles. The predicted octanol–water partition coefficient (Wildman–Crippen LogP) is 1.19. The fraction of sp³-hybridized carbons (Fsp3) is 0.222. The van der Waals surface area contributed by atoms with Crippen LogP contribution in [0, 0.1) is 0 Å². The van der Waals surface area contributed by atoms with Crippen LogP contribution in [0.3, 0.4) is 0 Å². The van der Waals surface area contributed by atoms with Crippen LogP contribution in [-0.2, 0) is 0 Å². The van der Waals surface area contributed by atoms with Crippen LogP contribution in [0.25, 0.3) is 11.4 Å². The van der Waals surface area contributed by atoms with Gasteiger partial charge in [0, 0.05) is 11.3 Å². The third-order valence-electron chi connectivity index (χ3n) is 1.60. The number of benzene rings is 1. The minimum Gasteiger partial charge on any atom is -0.409 e. The first-order valence-electron chi connectivity index (χ1n) is 4.61. The first kappa shape index (κ1) is 11.0. The zero-order valence-electron chi connectivity index (χ0n) is 8.62. The molecule has 0 amide bonds. The van der Waals surface area contributed by atoms with Gasteiger partial charge in [-0.15, -0.1) is 5.10 Å². The second-order valence-electron chi connectivity index (χ2n) is 2.52. The maximum atomic E-state index is 9.13. The highest BCUT2D eigenvalue weighted by Crippen LogP contribution is 2.16. The maximum Gasteiger partial charge on any atom is 0.222 e. The molecule has 0 bridgehead atoms. The summed E-state index contributed by atoms with van der Waals surface area (Å²) in [5.74, 6) is 0.271. The summed E-state index contributed by atoms with van der Waals surface area (Å²) in [6, 6.07) is 6.95. The zero-order valence-corrected chi connectivity index (χ0v) is 8.62. The number of hydrogen-bond donors (Lipinski definition) is 2. The summed E-state index contributed by atoms with van der Waals surface area (Å²) >= 11 is 0. The molecule has 0 aliphatic carbocycles. The summed E-state index contributed by atoms with van der Waals surface area (Å²) in [5, 5.41) is 19.4. The Labute approximate surface area is 87.3 Å². The average molecular weight is 207 g/mol. The molecule has 6 heteroatoms. The number of nitrogens with zero attached hydrogens (tertiary/aromatic N) is 4. The van der Waals surface area contributed by atoms with Crippen molar-refractivity contribution in [2.45, 2.75) is 13.8 Å². The molecule has 2 rings (SSSR count). The van der Waals surface area contributed by atoms with Gasteiger partial charge in [0.2, 0.25) is 5.82 Å². The first-order chi connectivity index (χ1) is 7.27. The van der Waals surface area contributed by atoms with E-state index in [0.717, 1.165) is 0 Å². The number of nitrogens with two attached hydrogens (primary N) is 1. The first-order valence-corrected chi connectivity index (χ1v) is 4.61. The molecule has 0 fully saturated rings. The zero-order chi connectivity index (χ0) is 11.3. The summed E-state index contributed by atoms with van der Waals surface area (Å²) in [4.78, 5) is 0.606. The van der Waals surface area contributed by atoms with E-state index in [0.29, 0.717) is 16.1 Å². The van der Waals surface area contributed by atoms with E-state index >= 15 is 0 Å². The Morgan fingerprint density at radius 2 is 2.07 bits per heavy atom. The highest BCUT2D eigenvalue weighted by molar-refractivity contribution is 5.60. The standard InChI is InChI=1S/C7H7N5O.C2H6/c8-6-3-1-2-5(4-6)7-9-10-11-12(7)13;1-2/h1-4,13H,8H2;1-2H3. The number of tetrazole rings is 1. The van der Waals surface area contributed by atoms with Crippen molar-refractivity contribution in [2.24, 2.45) is 0 Å². The van der Waals surface area contributed by atoms with Crippen LogP contribution in [-0.4, -0.2) is 25.6 Å². The normalized spacial score (nSPS) is 9.20. The van der Waals surface area contributed by atoms with Crippen LogP contribution in [0.1, 0.15) is 13.8 Å². The molecule has 0 spiro atoms. The highest BCUT2D eigenvalue weighted by atomic mass is 16.5. The molecule has 1 aromatic carbocycles. The Morgan fingerprint density at radius 1 is 1.33 bits per heavy atom. The molecular weight excluding hydrogens is 194 g/mol. The van der Waals surface area contributed by atoms with E-state index in [9.17, 15) is 0 Å². The van der Waals surface area contributed by atoms with Crippen molar-refractivity contribution in [3.8, 4) is 11.4 Å². The Balaban J connectivity index is 0.000000531. The van der Waals surface area contributed by atoms with Crippen LogP contribution in [0.15, 0.2) is 24.3 Å². The van der Waals surface area contributed by atoms with Gasteiger partial charge in [-0.1, -0.05) is 30.8 Å². The van der Waals surface area contributed by atoms with Crippen molar-refractivity contribution in [3.63, 3.8) is 0 Å². The summed E-state index contributed by atoms with van der Waals surface area (Å²) in [6.07, 6.45) is 0. The molecule has 0 saturated heterocycles. The fourth-order valence-corrected chi connectivity index (χ4v) is 1.03. The number of hydrogen-bond acceptors (Lipinski definition) is 5. The predicted molar refractivity (Wildman–Crippen MR) is 56.2 cm³/mol. The van der Waals surface area contributed by atoms with E-state index in [-0.39, 0.29) is 5.82 Å². The van der Waals surface area contributed by atoms with Crippen molar-refractivity contribution < 1.29 is 5.21 Å². The van der Waals surface area contributed by atoms with E-state index in [1.165, 1.54) is 0 Å². The molecule has 0 saturated carbocycles. The van der Waals surface area contributed by atoms with Gasteiger partial charge in [0.25, 0.3) is 0 Å². The van der Waals surface area contributed by atoms with E-state index < -0.39 is 0 Å². The number of nitrogen functional groups attached to an aromatic ring is 1. The van der Waals surface area contributed by atoms with Gasteiger partial charge in [0.15, 0.2) is 0 Å². The molecule has 80 valence electrons. The lowest BCUT2D eigenvalue weighted by atomic mass is 10.2. The molecule has 15 heavy (non-hydrogen) atoms. The van der Waals surface area contributed by atoms with Crippen molar-refractivity contribution in [1.82, 2.24) is 20.4 Å². The lowest BCUT2D eigenvalue weighted by Gasteiger charge is -1.97. The average Bonchev–Trinajstić information content (AvgIpc) is 2.67. The second-order valence-corrected chi connectivity index (χ2v) is 2.52. The van der Waals surface area contributed by atoms with Crippen LogP contribution in [0.4, 0.5) is 5.69 Å². The smallest absolute Gasteiger partial charge is 0.222 e. The molecule has 0 atom stereocenters. The van der Waals surface area contributed by atoms with Crippen molar-refractivity contribution in [2.75, 3.05) is 5.73 Å². The molecule has 2 aromatic rings. The number of aromatic nitrogens is 4. The summed E-state index contributed by atoms with van der Waals surface area (Å²) in [5.41, 5.74) is 6.83. The monoisotopic (exact) mass is 207 g/mol. The number of anilines is 1. The minimum absolute atomic E-state index is 0.271. The second kappa shape index (κ2) is 4.94. The van der Waals surface area contributed by atoms with Gasteiger partial charge >= 0.3 is 0 Å². The fourth-order valence-electron chi connectivity index (χ4n) is 1.03. The van der Waals surface area contributed by atoms with Gasteiger partial charge in [-0.3, -0.25) is 0 Å². The van der Waals surface area contributed by atoms with E-state index in [1.54, 1.807) is 24.3 Å². The van der Waals surface area contributed by atoms with Gasteiger partial charge in [0.05, 0.1) is 0 Å². The van der Waals surface area contributed by atoms with E-state index in [4.69, 9.17) is 10.9 Å². The van der Waals surface area contributed by atoms with Gasteiger partial charge in [-0.2, -0.15) is 0 Å². The number of rotatable bonds is 1. The van der Waals surface area contributed by atoms with Crippen molar-refractivity contribution in [1.29, 1.82) is 0 Å². The summed E-state index contributed by atoms with van der Waals surface area (Å²) in [6.45, 7) is 4.00. The Morgan fingerprint density at radius 3 is 2.60 bits per heavy atom.